The molecule has 0 radical (unpaired) electrons. The van der Waals surface area contributed by atoms with Gasteiger partial charge in [0.2, 0.25) is 0 Å². The molecule has 1 aromatic rings. The molecule has 0 aromatic heterocycles. The Bertz CT molecular complexity index is 293. The van der Waals surface area contributed by atoms with Gasteiger partial charge in [-0.15, -0.1) is 0 Å². The number of Topliss-reactive ketones (excluding diaryl/α,β-unsaturated/α-hetero) is 1. The van der Waals surface area contributed by atoms with Crippen LogP contribution in [-0.4, -0.2) is 19.1 Å². The number of nitrogens with zero attached hydrogens (tertiary/aromatic N) is 1. The van der Waals surface area contributed by atoms with Crippen LogP contribution in [0, 0.1) is 0 Å². The molecule has 0 amide bonds. The number of hydrogen-bond donors (Lipinski definition) is 0. The van der Waals surface area contributed by atoms with Gasteiger partial charge in [0.15, 0.2) is 5.78 Å². The van der Waals surface area contributed by atoms with E-state index in [2.05, 4.69) is 9.99 Å². The Morgan fingerprint density at radius 3 is 2.77 bits per heavy atom. The van der Waals surface area contributed by atoms with Crippen molar-refractivity contribution >= 4 is 12.0 Å². The summed E-state index contributed by atoms with van der Waals surface area (Å²) in [6.07, 6.45) is 1.73. The van der Waals surface area contributed by atoms with Crippen LogP contribution in [0.1, 0.15) is 16.8 Å². The molecular formula is C10H11NO2. The Hall–Kier alpha value is -1.64. The van der Waals surface area contributed by atoms with Crippen LogP contribution in [0.5, 0.6) is 0 Å². The molecule has 13 heavy (non-hydrogen) atoms. The van der Waals surface area contributed by atoms with E-state index in [1.807, 2.05) is 18.2 Å². The molecule has 0 saturated heterocycles. The summed E-state index contributed by atoms with van der Waals surface area (Å²) in [6.45, 7) is 0. The van der Waals surface area contributed by atoms with E-state index in [9.17, 15) is 4.79 Å². The minimum Gasteiger partial charge on any atom is -0.399 e. The molecule has 0 N–H and O–H groups in total. The molecular weight excluding hydrogens is 166 g/mol. The van der Waals surface area contributed by atoms with Gasteiger partial charge >= 0.3 is 0 Å². The molecule has 0 heterocycles. The van der Waals surface area contributed by atoms with Gasteiger partial charge in [-0.3, -0.25) is 4.79 Å². The van der Waals surface area contributed by atoms with Crippen molar-refractivity contribution in [1.82, 2.24) is 0 Å². The standard InChI is InChI=1S/C10H11NO2/c1-13-11-8-7-10(12)9-5-3-2-4-6-9/h2-6,8H,7H2,1H3/b11-8+. The van der Waals surface area contributed by atoms with Gasteiger partial charge in [0, 0.05) is 12.0 Å². The van der Waals surface area contributed by atoms with Crippen molar-refractivity contribution in [2.45, 2.75) is 6.42 Å². The van der Waals surface area contributed by atoms with E-state index in [0.717, 1.165) is 0 Å². The first kappa shape index (κ1) is 9.45. The number of carbonyl (C=O) groups excluding carboxylic acids is 1. The van der Waals surface area contributed by atoms with Crippen LogP contribution < -0.4 is 0 Å². The van der Waals surface area contributed by atoms with Crippen molar-refractivity contribution in [3.05, 3.63) is 35.9 Å². The van der Waals surface area contributed by atoms with Crippen molar-refractivity contribution in [3.63, 3.8) is 0 Å². The van der Waals surface area contributed by atoms with Crippen molar-refractivity contribution in [1.29, 1.82) is 0 Å². The number of oxime groups is 1. The monoisotopic (exact) mass is 177 g/mol. The highest BCUT2D eigenvalue weighted by atomic mass is 16.6. The summed E-state index contributed by atoms with van der Waals surface area (Å²) in [7, 11) is 1.45. The van der Waals surface area contributed by atoms with Crippen LogP contribution in [0.3, 0.4) is 0 Å². The van der Waals surface area contributed by atoms with E-state index in [1.54, 1.807) is 12.1 Å². The lowest BCUT2D eigenvalue weighted by molar-refractivity contribution is 0.1000. The fraction of sp³-hybridized carbons (Fsp3) is 0.200. The van der Waals surface area contributed by atoms with Crippen molar-refractivity contribution in [3.8, 4) is 0 Å². The largest absolute Gasteiger partial charge is 0.399 e. The highest BCUT2D eigenvalue weighted by Crippen LogP contribution is 2.01. The molecule has 0 aliphatic heterocycles. The van der Waals surface area contributed by atoms with Gasteiger partial charge in [-0.2, -0.15) is 0 Å². The summed E-state index contributed by atoms with van der Waals surface area (Å²) < 4.78 is 0. The molecule has 0 saturated carbocycles. The van der Waals surface area contributed by atoms with E-state index in [-0.39, 0.29) is 12.2 Å². The average Bonchev–Trinajstić information content (AvgIpc) is 2.19. The molecule has 3 heteroatoms. The number of benzene rings is 1. The predicted molar refractivity (Wildman–Crippen MR) is 50.9 cm³/mol. The van der Waals surface area contributed by atoms with E-state index >= 15 is 0 Å². The normalized spacial score (nSPS) is 10.2. The Morgan fingerprint density at radius 2 is 2.15 bits per heavy atom. The highest BCUT2D eigenvalue weighted by molar-refractivity contribution is 6.03. The van der Waals surface area contributed by atoms with Gasteiger partial charge in [-0.25, -0.2) is 0 Å². The van der Waals surface area contributed by atoms with E-state index in [0.29, 0.717) is 5.56 Å². The second kappa shape index (κ2) is 5.09. The average molecular weight is 177 g/mol. The molecule has 0 aliphatic carbocycles. The first-order valence-electron chi connectivity index (χ1n) is 3.98. The van der Waals surface area contributed by atoms with Crippen LogP contribution in [0.25, 0.3) is 0 Å². The van der Waals surface area contributed by atoms with Crippen molar-refractivity contribution in [2.75, 3.05) is 7.11 Å². The summed E-state index contributed by atoms with van der Waals surface area (Å²) >= 11 is 0. The number of carbonyl (C=O) groups is 1. The quantitative estimate of drug-likeness (QED) is 0.400. The summed E-state index contributed by atoms with van der Waals surface area (Å²) in [4.78, 5) is 15.8. The molecule has 68 valence electrons. The van der Waals surface area contributed by atoms with Gasteiger partial charge in [0.1, 0.15) is 7.11 Å². The zero-order valence-corrected chi connectivity index (χ0v) is 7.43. The second-order valence-electron chi connectivity index (χ2n) is 2.46. The molecule has 0 spiro atoms. The van der Waals surface area contributed by atoms with E-state index < -0.39 is 0 Å². The predicted octanol–water partition coefficient (Wildman–Crippen LogP) is 1.89. The third kappa shape index (κ3) is 3.07. The first-order chi connectivity index (χ1) is 6.34. The molecule has 3 nitrogen and oxygen atoms in total. The molecule has 1 aromatic carbocycles. The summed E-state index contributed by atoms with van der Waals surface area (Å²) in [5, 5.41) is 3.49. The van der Waals surface area contributed by atoms with Gasteiger partial charge in [0.05, 0.1) is 6.21 Å². The Labute approximate surface area is 77.0 Å². The van der Waals surface area contributed by atoms with Crippen LogP contribution in [0.4, 0.5) is 0 Å². The summed E-state index contributed by atoms with van der Waals surface area (Å²) in [5.41, 5.74) is 0.699. The van der Waals surface area contributed by atoms with Gasteiger partial charge in [-0.1, -0.05) is 35.5 Å². The fourth-order valence-corrected chi connectivity index (χ4v) is 0.937. The minimum atomic E-state index is 0.0430. The van der Waals surface area contributed by atoms with E-state index in [1.165, 1.54) is 13.3 Å². The number of ketones is 1. The van der Waals surface area contributed by atoms with Gasteiger partial charge in [0.25, 0.3) is 0 Å². The van der Waals surface area contributed by atoms with Gasteiger partial charge in [-0.05, 0) is 0 Å². The van der Waals surface area contributed by atoms with Crippen LogP contribution >= 0.6 is 0 Å². The minimum absolute atomic E-state index is 0.0430. The Kier molecular flexibility index (Phi) is 3.70. The molecule has 0 fully saturated rings. The third-order valence-corrected chi connectivity index (χ3v) is 1.55. The molecule has 0 bridgehead atoms. The molecule has 1 rings (SSSR count). The van der Waals surface area contributed by atoms with Crippen molar-refractivity contribution in [2.24, 2.45) is 5.16 Å². The third-order valence-electron chi connectivity index (χ3n) is 1.55. The number of hydrogen-bond acceptors (Lipinski definition) is 3. The maximum absolute atomic E-state index is 11.4. The molecule has 0 unspecified atom stereocenters. The number of rotatable bonds is 4. The lowest BCUT2D eigenvalue weighted by atomic mass is 10.1. The molecule has 0 atom stereocenters. The summed E-state index contributed by atoms with van der Waals surface area (Å²) in [6, 6.07) is 9.10. The zero-order valence-electron chi connectivity index (χ0n) is 7.43. The van der Waals surface area contributed by atoms with Crippen LogP contribution in [0.15, 0.2) is 35.5 Å². The molecule has 0 aliphatic rings. The maximum Gasteiger partial charge on any atom is 0.168 e. The Morgan fingerprint density at radius 1 is 1.46 bits per heavy atom. The lowest BCUT2D eigenvalue weighted by Crippen LogP contribution is -1.98. The summed E-state index contributed by atoms with van der Waals surface area (Å²) in [5.74, 6) is 0.0430. The maximum atomic E-state index is 11.4. The first-order valence-corrected chi connectivity index (χ1v) is 3.98. The fourth-order valence-electron chi connectivity index (χ4n) is 0.937. The highest BCUT2D eigenvalue weighted by Gasteiger charge is 2.01. The van der Waals surface area contributed by atoms with Crippen molar-refractivity contribution < 1.29 is 9.63 Å². The Balaban J connectivity index is 2.54. The van der Waals surface area contributed by atoms with Gasteiger partial charge < -0.3 is 4.84 Å². The topological polar surface area (TPSA) is 38.7 Å². The van der Waals surface area contributed by atoms with Crippen LogP contribution in [0.2, 0.25) is 0 Å². The zero-order chi connectivity index (χ0) is 9.52. The smallest absolute Gasteiger partial charge is 0.168 e. The lowest BCUT2D eigenvalue weighted by Gasteiger charge is -1.94. The SMILES string of the molecule is CO/N=C/CC(=O)c1ccccc1. The van der Waals surface area contributed by atoms with Crippen LogP contribution in [-0.2, 0) is 4.84 Å². The second-order valence-corrected chi connectivity index (χ2v) is 2.46. The van der Waals surface area contributed by atoms with E-state index in [4.69, 9.17) is 0 Å².